The van der Waals surface area contributed by atoms with E-state index in [1.165, 1.54) is 24.0 Å². The van der Waals surface area contributed by atoms with Crippen molar-refractivity contribution >= 4 is 0 Å². The van der Waals surface area contributed by atoms with E-state index in [1.54, 1.807) is 0 Å². The Hall–Kier alpha value is -0.850. The number of rotatable bonds is 2. The summed E-state index contributed by atoms with van der Waals surface area (Å²) in [5, 5.41) is 0. The number of unbranched alkanes of at least 4 members (excludes halogenated alkanes) is 1. The molecule has 74 valence electrons. The predicted octanol–water partition coefficient (Wildman–Crippen LogP) is 3.76. The number of hydrogen-bond donors (Lipinski definition) is 0. The summed E-state index contributed by atoms with van der Waals surface area (Å²) in [4.78, 5) is 4.06. The number of nitrogens with zero attached hydrogens (tertiary/aromatic N) is 1. The highest BCUT2D eigenvalue weighted by Crippen LogP contribution is 2.00. The maximum atomic E-state index is 4.06. The molecule has 0 aliphatic carbocycles. The Labute approximate surface area is 82.2 Å². The number of hydrogen-bond acceptors (Lipinski definition) is 1. The van der Waals surface area contributed by atoms with Crippen molar-refractivity contribution in [2.45, 2.75) is 47.0 Å². The molecular weight excluding hydrogens is 158 g/mol. The molecule has 0 unspecified atom stereocenters. The summed E-state index contributed by atoms with van der Waals surface area (Å²) in [5.41, 5.74) is 2.56. The Morgan fingerprint density at radius 3 is 2.00 bits per heavy atom. The molecule has 0 aliphatic heterocycles. The number of aromatic nitrogens is 1. The van der Waals surface area contributed by atoms with Gasteiger partial charge >= 0.3 is 0 Å². The zero-order valence-corrected chi connectivity index (χ0v) is 9.30. The minimum atomic E-state index is 1.08. The molecule has 0 amide bonds. The average molecular weight is 179 g/mol. The lowest BCUT2D eigenvalue weighted by atomic mass is 10.2. The summed E-state index contributed by atoms with van der Waals surface area (Å²) in [5.74, 6) is 0. The van der Waals surface area contributed by atoms with Crippen LogP contribution in [0.3, 0.4) is 0 Å². The third-order valence-corrected chi connectivity index (χ3v) is 1.84. The van der Waals surface area contributed by atoms with Crippen molar-refractivity contribution in [3.63, 3.8) is 0 Å². The van der Waals surface area contributed by atoms with Crippen molar-refractivity contribution in [3.05, 3.63) is 29.6 Å². The van der Waals surface area contributed by atoms with Crippen LogP contribution in [-0.2, 0) is 6.42 Å². The molecule has 1 nitrogen and oxygen atoms in total. The Bertz CT molecular complexity index is 216. The molecule has 0 bridgehead atoms. The lowest BCUT2D eigenvalue weighted by molar-refractivity contribution is 0.886. The Morgan fingerprint density at radius 2 is 1.69 bits per heavy atom. The molecule has 1 heterocycles. The van der Waals surface area contributed by atoms with E-state index < -0.39 is 0 Å². The molecule has 0 aliphatic rings. The molecule has 0 aromatic carbocycles. The maximum absolute atomic E-state index is 4.06. The minimum absolute atomic E-state index is 1.08. The molecule has 1 aromatic rings. The topological polar surface area (TPSA) is 12.9 Å². The van der Waals surface area contributed by atoms with Crippen molar-refractivity contribution in [2.75, 3.05) is 0 Å². The van der Waals surface area contributed by atoms with Crippen LogP contribution >= 0.6 is 0 Å². The number of aryl methyl sites for hydroxylation is 2. The van der Waals surface area contributed by atoms with E-state index in [4.69, 9.17) is 0 Å². The van der Waals surface area contributed by atoms with Crippen LogP contribution < -0.4 is 0 Å². The molecule has 0 radical (unpaired) electrons. The zero-order valence-electron chi connectivity index (χ0n) is 9.30. The van der Waals surface area contributed by atoms with E-state index in [0.29, 0.717) is 0 Å². The first-order valence-electron chi connectivity index (χ1n) is 5.15. The summed E-state index contributed by atoms with van der Waals surface area (Å²) in [7, 11) is 0. The Morgan fingerprint density at radius 1 is 1.08 bits per heavy atom. The van der Waals surface area contributed by atoms with Gasteiger partial charge in [-0.3, -0.25) is 4.98 Å². The molecule has 0 spiro atoms. The van der Waals surface area contributed by atoms with Gasteiger partial charge in [0.1, 0.15) is 0 Å². The van der Waals surface area contributed by atoms with Gasteiger partial charge in [-0.25, -0.2) is 0 Å². The van der Waals surface area contributed by atoms with Gasteiger partial charge in [-0.2, -0.15) is 0 Å². The molecule has 1 aromatic heterocycles. The van der Waals surface area contributed by atoms with Gasteiger partial charge in [-0.15, -0.1) is 0 Å². The first-order chi connectivity index (χ1) is 6.24. The quantitative estimate of drug-likeness (QED) is 0.673. The Balaban J connectivity index is 0.000000310. The molecule has 1 heteroatoms. The van der Waals surface area contributed by atoms with Crippen LogP contribution in [0.15, 0.2) is 18.5 Å². The van der Waals surface area contributed by atoms with Crippen molar-refractivity contribution in [1.29, 1.82) is 0 Å². The molecule has 13 heavy (non-hydrogen) atoms. The van der Waals surface area contributed by atoms with Crippen LogP contribution in [0.4, 0.5) is 0 Å². The normalized spacial score (nSPS) is 8.92. The van der Waals surface area contributed by atoms with Gasteiger partial charge in [0.15, 0.2) is 0 Å². The summed E-state index contributed by atoms with van der Waals surface area (Å²) >= 11 is 0. The second kappa shape index (κ2) is 7.78. The summed E-state index contributed by atoms with van der Waals surface area (Å²) in [6.45, 7) is 8.56. The molecule has 0 fully saturated rings. The van der Waals surface area contributed by atoms with E-state index in [2.05, 4.69) is 38.7 Å². The molecule has 0 N–H and O–H groups in total. The third kappa shape index (κ3) is 6.32. The first kappa shape index (κ1) is 12.2. The second-order valence-electron chi connectivity index (χ2n) is 3.22. The lowest BCUT2D eigenvalue weighted by Gasteiger charge is -1.94. The van der Waals surface area contributed by atoms with Gasteiger partial charge < -0.3 is 0 Å². The molecular formula is C12H21N. The van der Waals surface area contributed by atoms with Gasteiger partial charge in [0.25, 0.3) is 0 Å². The van der Waals surface area contributed by atoms with E-state index in [0.717, 1.165) is 6.42 Å². The summed E-state index contributed by atoms with van der Waals surface area (Å²) in [6, 6.07) is 2.16. The van der Waals surface area contributed by atoms with Crippen molar-refractivity contribution in [1.82, 2.24) is 4.98 Å². The lowest BCUT2D eigenvalue weighted by Crippen LogP contribution is -1.82. The fourth-order valence-electron chi connectivity index (χ4n) is 0.811. The highest BCUT2D eigenvalue weighted by molar-refractivity contribution is 5.15. The van der Waals surface area contributed by atoms with Gasteiger partial charge in [0.05, 0.1) is 0 Å². The van der Waals surface area contributed by atoms with E-state index in [1.807, 2.05) is 12.4 Å². The third-order valence-electron chi connectivity index (χ3n) is 1.84. The van der Waals surface area contributed by atoms with Crippen LogP contribution in [0.1, 0.15) is 44.7 Å². The van der Waals surface area contributed by atoms with Crippen molar-refractivity contribution in [2.24, 2.45) is 0 Å². The monoisotopic (exact) mass is 179 g/mol. The van der Waals surface area contributed by atoms with Crippen LogP contribution in [0.5, 0.6) is 0 Å². The second-order valence-corrected chi connectivity index (χ2v) is 3.22. The average Bonchev–Trinajstić information content (AvgIpc) is 2.18. The standard InChI is InChI=1S/C8H11N.C4H10/c1-3-8-4-7(2)5-9-6-8;1-3-4-2/h4-6H,3H2,1-2H3;3-4H2,1-2H3. The van der Waals surface area contributed by atoms with E-state index >= 15 is 0 Å². The highest BCUT2D eigenvalue weighted by Gasteiger charge is 1.87. The van der Waals surface area contributed by atoms with Crippen LogP contribution in [0.2, 0.25) is 0 Å². The van der Waals surface area contributed by atoms with Crippen LogP contribution in [0.25, 0.3) is 0 Å². The fraction of sp³-hybridized carbons (Fsp3) is 0.583. The van der Waals surface area contributed by atoms with Crippen LogP contribution in [-0.4, -0.2) is 4.98 Å². The van der Waals surface area contributed by atoms with Gasteiger partial charge in [-0.05, 0) is 24.5 Å². The van der Waals surface area contributed by atoms with E-state index in [-0.39, 0.29) is 0 Å². The zero-order chi connectivity index (χ0) is 10.1. The Kier molecular flexibility index (Phi) is 7.27. The fourth-order valence-corrected chi connectivity index (χ4v) is 0.811. The first-order valence-corrected chi connectivity index (χ1v) is 5.15. The molecule has 1 rings (SSSR count). The van der Waals surface area contributed by atoms with Crippen molar-refractivity contribution in [3.8, 4) is 0 Å². The van der Waals surface area contributed by atoms with Crippen molar-refractivity contribution < 1.29 is 0 Å². The molecule has 0 atom stereocenters. The molecule has 0 saturated carbocycles. The van der Waals surface area contributed by atoms with Gasteiger partial charge in [-0.1, -0.05) is 39.7 Å². The smallest absolute Gasteiger partial charge is 0.0299 e. The maximum Gasteiger partial charge on any atom is 0.0299 e. The van der Waals surface area contributed by atoms with Crippen LogP contribution in [0, 0.1) is 6.92 Å². The van der Waals surface area contributed by atoms with E-state index in [9.17, 15) is 0 Å². The van der Waals surface area contributed by atoms with Gasteiger partial charge in [0, 0.05) is 12.4 Å². The summed E-state index contributed by atoms with van der Waals surface area (Å²) < 4.78 is 0. The SMILES string of the molecule is CCCC.CCc1cncc(C)c1. The minimum Gasteiger partial charge on any atom is -0.264 e. The predicted molar refractivity (Wildman–Crippen MR) is 58.9 cm³/mol. The van der Waals surface area contributed by atoms with Gasteiger partial charge in [0.2, 0.25) is 0 Å². The largest absolute Gasteiger partial charge is 0.264 e. The number of pyridine rings is 1. The highest BCUT2D eigenvalue weighted by atomic mass is 14.6. The molecule has 0 saturated heterocycles. The summed E-state index contributed by atoms with van der Waals surface area (Å²) in [6.07, 6.45) is 7.50.